The van der Waals surface area contributed by atoms with Crippen LogP contribution in [0.5, 0.6) is 0 Å². The fraction of sp³-hybridized carbons (Fsp3) is 0.778. The predicted octanol–water partition coefficient (Wildman–Crippen LogP) is 1.36. The van der Waals surface area contributed by atoms with E-state index in [2.05, 4.69) is 0 Å². The molecule has 0 spiro atoms. The Labute approximate surface area is 99.3 Å². The van der Waals surface area contributed by atoms with Crippen molar-refractivity contribution in [2.45, 2.75) is 25.5 Å². The number of thiocarbonyl (C=S) groups is 1. The molecule has 0 radical (unpaired) electrons. The summed E-state index contributed by atoms with van der Waals surface area (Å²) < 4.78 is 9.41. The number of ether oxygens (including phenoxy) is 2. The standard InChI is InChI=1S/C9H16O4S2/c1-4-12-8(14)15-9(2,3)7(11)13-6-5-10/h10H,4-6H2,1-3H3. The van der Waals surface area contributed by atoms with Crippen LogP contribution in [0.15, 0.2) is 0 Å². The van der Waals surface area contributed by atoms with Gasteiger partial charge in [-0.05, 0) is 33.0 Å². The summed E-state index contributed by atoms with van der Waals surface area (Å²) in [6.45, 7) is 5.52. The van der Waals surface area contributed by atoms with Crippen molar-refractivity contribution in [2.24, 2.45) is 0 Å². The summed E-state index contributed by atoms with van der Waals surface area (Å²) in [4.78, 5) is 11.5. The highest BCUT2D eigenvalue weighted by atomic mass is 32.2. The van der Waals surface area contributed by atoms with Gasteiger partial charge >= 0.3 is 5.97 Å². The van der Waals surface area contributed by atoms with Gasteiger partial charge in [0.05, 0.1) is 13.2 Å². The summed E-state index contributed by atoms with van der Waals surface area (Å²) in [5.41, 5.74) is 0. The minimum absolute atomic E-state index is 0.00419. The third kappa shape index (κ3) is 5.96. The lowest BCUT2D eigenvalue weighted by Crippen LogP contribution is -2.32. The summed E-state index contributed by atoms with van der Waals surface area (Å²) in [7, 11) is 0. The zero-order valence-corrected chi connectivity index (χ0v) is 10.7. The molecule has 0 amide bonds. The number of aliphatic hydroxyl groups is 1. The molecule has 0 aromatic rings. The minimum atomic E-state index is -0.790. The van der Waals surface area contributed by atoms with Gasteiger partial charge in [0.1, 0.15) is 11.4 Å². The first-order chi connectivity index (χ1) is 6.94. The van der Waals surface area contributed by atoms with Gasteiger partial charge in [-0.2, -0.15) is 0 Å². The van der Waals surface area contributed by atoms with Crippen molar-refractivity contribution in [3.8, 4) is 0 Å². The molecule has 0 aliphatic carbocycles. The average molecular weight is 252 g/mol. The Morgan fingerprint density at radius 3 is 2.53 bits per heavy atom. The van der Waals surface area contributed by atoms with Crippen LogP contribution in [0.2, 0.25) is 0 Å². The van der Waals surface area contributed by atoms with Crippen molar-refractivity contribution in [1.82, 2.24) is 0 Å². The summed E-state index contributed by atoms with van der Waals surface area (Å²) in [5, 5.41) is 8.51. The number of aliphatic hydroxyl groups excluding tert-OH is 1. The second-order valence-electron chi connectivity index (χ2n) is 3.15. The topological polar surface area (TPSA) is 55.8 Å². The molecule has 0 unspecified atom stereocenters. The molecule has 0 aliphatic rings. The molecular formula is C9H16O4S2. The van der Waals surface area contributed by atoms with E-state index in [1.54, 1.807) is 13.8 Å². The van der Waals surface area contributed by atoms with Crippen molar-refractivity contribution < 1.29 is 19.4 Å². The molecule has 4 nitrogen and oxygen atoms in total. The Balaban J connectivity index is 4.15. The first kappa shape index (κ1) is 14.7. The van der Waals surface area contributed by atoms with Gasteiger partial charge in [0, 0.05) is 0 Å². The number of rotatable bonds is 5. The highest BCUT2D eigenvalue weighted by Gasteiger charge is 2.32. The number of carbonyl (C=O) groups is 1. The van der Waals surface area contributed by atoms with Crippen molar-refractivity contribution >= 4 is 34.3 Å². The van der Waals surface area contributed by atoms with Gasteiger partial charge in [0.25, 0.3) is 0 Å². The molecule has 0 saturated heterocycles. The van der Waals surface area contributed by atoms with Gasteiger partial charge in [-0.25, -0.2) is 0 Å². The molecule has 0 aromatic carbocycles. The highest BCUT2D eigenvalue weighted by molar-refractivity contribution is 8.23. The molecule has 0 bridgehead atoms. The van der Waals surface area contributed by atoms with Crippen LogP contribution in [0.3, 0.4) is 0 Å². The molecule has 6 heteroatoms. The Hall–Kier alpha value is -0.330. The van der Waals surface area contributed by atoms with Crippen molar-refractivity contribution in [1.29, 1.82) is 0 Å². The summed E-state index contributed by atoms with van der Waals surface area (Å²) in [5.74, 6) is -0.413. The van der Waals surface area contributed by atoms with Crippen LogP contribution >= 0.6 is 24.0 Å². The molecule has 1 N–H and O–H groups in total. The van der Waals surface area contributed by atoms with Crippen LogP contribution in [0.1, 0.15) is 20.8 Å². The summed E-state index contributed by atoms with van der Waals surface area (Å²) >= 11 is 6.05. The molecule has 15 heavy (non-hydrogen) atoms. The van der Waals surface area contributed by atoms with Gasteiger partial charge in [0.15, 0.2) is 0 Å². The van der Waals surface area contributed by atoms with Gasteiger partial charge in [-0.1, -0.05) is 11.8 Å². The zero-order valence-electron chi connectivity index (χ0n) is 9.11. The maximum atomic E-state index is 11.5. The Morgan fingerprint density at radius 1 is 1.47 bits per heavy atom. The van der Waals surface area contributed by atoms with Gasteiger partial charge in [-0.15, -0.1) is 0 Å². The Kier molecular flexibility index (Phi) is 6.87. The number of hydrogen-bond donors (Lipinski definition) is 1. The Morgan fingerprint density at radius 2 is 2.07 bits per heavy atom. The third-order valence-corrected chi connectivity index (χ3v) is 2.75. The van der Waals surface area contributed by atoms with E-state index >= 15 is 0 Å². The Bertz CT molecular complexity index is 228. The quantitative estimate of drug-likeness (QED) is 0.589. The van der Waals surface area contributed by atoms with E-state index in [-0.39, 0.29) is 13.2 Å². The van der Waals surface area contributed by atoms with E-state index in [1.165, 1.54) is 0 Å². The number of thioether (sulfide) groups is 1. The normalized spacial score (nSPS) is 10.9. The van der Waals surface area contributed by atoms with Crippen molar-refractivity contribution in [3.63, 3.8) is 0 Å². The highest BCUT2D eigenvalue weighted by Crippen LogP contribution is 2.27. The first-order valence-corrected chi connectivity index (χ1v) is 5.80. The lowest BCUT2D eigenvalue weighted by Gasteiger charge is -2.21. The zero-order chi connectivity index (χ0) is 11.9. The summed E-state index contributed by atoms with van der Waals surface area (Å²) in [6.07, 6.45) is 0. The first-order valence-electron chi connectivity index (χ1n) is 4.58. The maximum absolute atomic E-state index is 11.5. The van der Waals surface area contributed by atoms with E-state index in [0.29, 0.717) is 11.0 Å². The molecular weight excluding hydrogens is 236 g/mol. The fourth-order valence-electron chi connectivity index (χ4n) is 0.709. The fourth-order valence-corrected chi connectivity index (χ4v) is 2.19. The van der Waals surface area contributed by atoms with Crippen LogP contribution in [0.4, 0.5) is 0 Å². The summed E-state index contributed by atoms with van der Waals surface area (Å²) in [6, 6.07) is 0. The average Bonchev–Trinajstić information content (AvgIpc) is 2.13. The van der Waals surface area contributed by atoms with E-state index in [4.69, 9.17) is 26.8 Å². The number of hydrogen-bond acceptors (Lipinski definition) is 6. The number of carbonyl (C=O) groups excluding carboxylic acids is 1. The van der Waals surface area contributed by atoms with E-state index < -0.39 is 10.7 Å². The molecule has 0 atom stereocenters. The minimum Gasteiger partial charge on any atom is -0.479 e. The van der Waals surface area contributed by atoms with Crippen LogP contribution in [-0.2, 0) is 14.3 Å². The van der Waals surface area contributed by atoms with Gasteiger partial charge in [0.2, 0.25) is 4.38 Å². The molecule has 0 aliphatic heterocycles. The molecule has 0 heterocycles. The van der Waals surface area contributed by atoms with Gasteiger partial charge in [-0.3, -0.25) is 4.79 Å². The maximum Gasteiger partial charge on any atom is 0.322 e. The van der Waals surface area contributed by atoms with E-state index in [1.807, 2.05) is 6.92 Å². The molecule has 0 saturated carbocycles. The second kappa shape index (κ2) is 7.03. The number of esters is 1. The molecule has 0 aromatic heterocycles. The van der Waals surface area contributed by atoms with E-state index in [9.17, 15) is 4.79 Å². The van der Waals surface area contributed by atoms with Crippen molar-refractivity contribution in [3.05, 3.63) is 0 Å². The van der Waals surface area contributed by atoms with E-state index in [0.717, 1.165) is 11.8 Å². The molecule has 88 valence electrons. The molecule has 0 fully saturated rings. The van der Waals surface area contributed by atoms with Crippen molar-refractivity contribution in [2.75, 3.05) is 19.8 Å². The third-order valence-electron chi connectivity index (χ3n) is 1.42. The lowest BCUT2D eigenvalue weighted by atomic mass is 10.2. The monoisotopic (exact) mass is 252 g/mol. The predicted molar refractivity (Wildman–Crippen MR) is 63.9 cm³/mol. The lowest BCUT2D eigenvalue weighted by molar-refractivity contribution is -0.146. The van der Waals surface area contributed by atoms with Crippen LogP contribution in [0, 0.1) is 0 Å². The SMILES string of the molecule is CCOC(=S)SC(C)(C)C(=O)OCCO. The smallest absolute Gasteiger partial charge is 0.322 e. The van der Waals surface area contributed by atoms with Crippen LogP contribution in [0.25, 0.3) is 0 Å². The second-order valence-corrected chi connectivity index (χ2v) is 5.38. The molecule has 0 rings (SSSR count). The van der Waals surface area contributed by atoms with Crippen LogP contribution in [-0.4, -0.2) is 40.0 Å². The van der Waals surface area contributed by atoms with Gasteiger partial charge < -0.3 is 14.6 Å². The van der Waals surface area contributed by atoms with Crippen LogP contribution < -0.4 is 0 Å². The largest absolute Gasteiger partial charge is 0.479 e.